The van der Waals surface area contributed by atoms with Crippen LogP contribution in [0.25, 0.3) is 0 Å². The van der Waals surface area contributed by atoms with E-state index in [2.05, 4.69) is 0 Å². The number of alkyl halides is 2. The van der Waals surface area contributed by atoms with Crippen LogP contribution in [-0.2, 0) is 4.74 Å². The standard InChI is InChI=1S/C7H12F2O/c1-3-7(4-10-5-7)6(2,8)9/h3-5H2,1-2H3. The van der Waals surface area contributed by atoms with Crippen molar-refractivity contribution in [2.24, 2.45) is 5.41 Å². The Bertz CT molecular complexity index is 119. The molecule has 0 saturated carbocycles. The highest BCUT2D eigenvalue weighted by atomic mass is 19.3. The van der Waals surface area contributed by atoms with Crippen LogP contribution in [0.15, 0.2) is 0 Å². The van der Waals surface area contributed by atoms with Gasteiger partial charge in [0.05, 0.1) is 18.6 Å². The summed E-state index contributed by atoms with van der Waals surface area (Å²) in [6, 6.07) is 0. The lowest BCUT2D eigenvalue weighted by atomic mass is 9.77. The zero-order valence-corrected chi connectivity index (χ0v) is 6.29. The van der Waals surface area contributed by atoms with Crippen LogP contribution in [0.4, 0.5) is 8.78 Å². The van der Waals surface area contributed by atoms with Crippen LogP contribution in [-0.4, -0.2) is 19.1 Å². The van der Waals surface area contributed by atoms with E-state index in [0.29, 0.717) is 6.42 Å². The van der Waals surface area contributed by atoms with Crippen LogP contribution in [0, 0.1) is 5.41 Å². The summed E-state index contributed by atoms with van der Waals surface area (Å²) in [7, 11) is 0. The molecule has 0 spiro atoms. The quantitative estimate of drug-likeness (QED) is 0.585. The first-order valence-corrected chi connectivity index (χ1v) is 3.47. The molecule has 0 aliphatic carbocycles. The minimum absolute atomic E-state index is 0.215. The lowest BCUT2D eigenvalue weighted by molar-refractivity contribution is -0.236. The van der Waals surface area contributed by atoms with Crippen molar-refractivity contribution in [3.8, 4) is 0 Å². The maximum atomic E-state index is 12.7. The van der Waals surface area contributed by atoms with Gasteiger partial charge in [0.1, 0.15) is 0 Å². The summed E-state index contributed by atoms with van der Waals surface area (Å²) in [5, 5.41) is 0. The minimum atomic E-state index is -2.58. The van der Waals surface area contributed by atoms with Gasteiger partial charge < -0.3 is 4.74 Å². The number of hydrogen-bond donors (Lipinski definition) is 0. The number of ether oxygens (including phenoxy) is 1. The molecule has 10 heavy (non-hydrogen) atoms. The van der Waals surface area contributed by atoms with Gasteiger partial charge in [0.15, 0.2) is 0 Å². The van der Waals surface area contributed by atoms with Gasteiger partial charge in [0.2, 0.25) is 0 Å². The topological polar surface area (TPSA) is 9.23 Å². The number of hydrogen-bond acceptors (Lipinski definition) is 1. The predicted molar refractivity (Wildman–Crippen MR) is 34.2 cm³/mol. The van der Waals surface area contributed by atoms with Crippen molar-refractivity contribution in [2.75, 3.05) is 13.2 Å². The van der Waals surface area contributed by atoms with Crippen molar-refractivity contribution in [3.05, 3.63) is 0 Å². The zero-order chi connectivity index (χ0) is 7.83. The Morgan fingerprint density at radius 3 is 2.00 bits per heavy atom. The molecule has 60 valence electrons. The van der Waals surface area contributed by atoms with Gasteiger partial charge >= 0.3 is 0 Å². The van der Waals surface area contributed by atoms with E-state index in [4.69, 9.17) is 4.74 Å². The maximum absolute atomic E-state index is 12.7. The second-order valence-electron chi connectivity index (χ2n) is 3.02. The molecule has 1 heterocycles. The Morgan fingerprint density at radius 1 is 1.50 bits per heavy atom. The fourth-order valence-electron chi connectivity index (χ4n) is 1.12. The summed E-state index contributed by atoms with van der Waals surface area (Å²) in [4.78, 5) is 0. The Labute approximate surface area is 59.4 Å². The minimum Gasteiger partial charge on any atom is -0.380 e. The highest BCUT2D eigenvalue weighted by Gasteiger charge is 2.53. The van der Waals surface area contributed by atoms with Crippen LogP contribution in [0.5, 0.6) is 0 Å². The van der Waals surface area contributed by atoms with Crippen LogP contribution in [0.2, 0.25) is 0 Å². The first-order chi connectivity index (χ1) is 4.52. The zero-order valence-electron chi connectivity index (χ0n) is 6.29. The van der Waals surface area contributed by atoms with E-state index in [1.165, 1.54) is 0 Å². The Hall–Kier alpha value is -0.180. The lowest BCUT2D eigenvalue weighted by Crippen LogP contribution is -2.53. The van der Waals surface area contributed by atoms with Gasteiger partial charge in [-0.05, 0) is 6.42 Å². The third-order valence-electron chi connectivity index (χ3n) is 2.36. The molecule has 1 rings (SSSR count). The summed E-state index contributed by atoms with van der Waals surface area (Å²) in [5.74, 6) is -2.58. The second kappa shape index (κ2) is 2.16. The molecule has 1 aliphatic heterocycles. The van der Waals surface area contributed by atoms with E-state index in [9.17, 15) is 8.78 Å². The third-order valence-corrected chi connectivity index (χ3v) is 2.36. The molecule has 0 aromatic carbocycles. The average Bonchev–Trinajstić information content (AvgIpc) is 1.58. The van der Waals surface area contributed by atoms with Crippen molar-refractivity contribution in [1.82, 2.24) is 0 Å². The van der Waals surface area contributed by atoms with E-state index in [-0.39, 0.29) is 13.2 Å². The van der Waals surface area contributed by atoms with E-state index < -0.39 is 11.3 Å². The Balaban J connectivity index is 2.65. The lowest BCUT2D eigenvalue weighted by Gasteiger charge is -2.44. The second-order valence-corrected chi connectivity index (χ2v) is 3.02. The van der Waals surface area contributed by atoms with Crippen molar-refractivity contribution >= 4 is 0 Å². The molecule has 0 radical (unpaired) electrons. The van der Waals surface area contributed by atoms with Crippen LogP contribution in [0.3, 0.4) is 0 Å². The van der Waals surface area contributed by atoms with Crippen LogP contribution in [0.1, 0.15) is 20.3 Å². The fourth-order valence-corrected chi connectivity index (χ4v) is 1.12. The molecule has 1 aliphatic rings. The van der Waals surface area contributed by atoms with E-state index in [1.807, 2.05) is 0 Å². The molecule has 0 aromatic rings. The predicted octanol–water partition coefficient (Wildman–Crippen LogP) is 2.07. The summed E-state index contributed by atoms with van der Waals surface area (Å²) in [6.45, 7) is 3.18. The van der Waals surface area contributed by atoms with Gasteiger partial charge in [-0.2, -0.15) is 0 Å². The SMILES string of the molecule is CCC1(C(C)(F)F)COC1. The Morgan fingerprint density at radius 2 is 2.00 bits per heavy atom. The molecule has 1 nitrogen and oxygen atoms in total. The molecule has 0 bridgehead atoms. The molecule has 0 unspecified atom stereocenters. The maximum Gasteiger partial charge on any atom is 0.255 e. The molecular formula is C7H12F2O. The van der Waals surface area contributed by atoms with Crippen LogP contribution >= 0.6 is 0 Å². The highest BCUT2D eigenvalue weighted by molar-refractivity contribution is 4.93. The summed E-state index contributed by atoms with van der Waals surface area (Å²) in [6.07, 6.45) is 0.497. The first kappa shape index (κ1) is 7.92. The van der Waals surface area contributed by atoms with E-state index in [1.54, 1.807) is 6.92 Å². The largest absolute Gasteiger partial charge is 0.380 e. The molecule has 0 amide bonds. The number of halogens is 2. The van der Waals surface area contributed by atoms with Crippen molar-refractivity contribution in [2.45, 2.75) is 26.2 Å². The fraction of sp³-hybridized carbons (Fsp3) is 1.00. The molecule has 3 heteroatoms. The molecule has 1 saturated heterocycles. The monoisotopic (exact) mass is 150 g/mol. The van der Waals surface area contributed by atoms with E-state index in [0.717, 1.165) is 6.92 Å². The van der Waals surface area contributed by atoms with Crippen molar-refractivity contribution in [1.29, 1.82) is 0 Å². The van der Waals surface area contributed by atoms with Gasteiger partial charge in [0, 0.05) is 6.92 Å². The summed E-state index contributed by atoms with van der Waals surface area (Å²) in [5.41, 5.74) is -0.854. The number of rotatable bonds is 2. The van der Waals surface area contributed by atoms with E-state index >= 15 is 0 Å². The molecule has 0 aromatic heterocycles. The van der Waals surface area contributed by atoms with Crippen molar-refractivity contribution in [3.63, 3.8) is 0 Å². The van der Waals surface area contributed by atoms with Gasteiger partial charge in [-0.15, -0.1) is 0 Å². The van der Waals surface area contributed by atoms with Crippen molar-refractivity contribution < 1.29 is 13.5 Å². The average molecular weight is 150 g/mol. The van der Waals surface area contributed by atoms with Crippen LogP contribution < -0.4 is 0 Å². The van der Waals surface area contributed by atoms with Gasteiger partial charge in [-0.3, -0.25) is 0 Å². The molecule has 0 atom stereocenters. The molecule has 0 N–H and O–H groups in total. The third kappa shape index (κ3) is 0.926. The Kier molecular flexibility index (Phi) is 1.71. The smallest absolute Gasteiger partial charge is 0.255 e. The van der Waals surface area contributed by atoms with Gasteiger partial charge in [-0.1, -0.05) is 6.92 Å². The highest BCUT2D eigenvalue weighted by Crippen LogP contribution is 2.45. The normalized spacial score (nSPS) is 24.0. The molecule has 1 fully saturated rings. The van der Waals surface area contributed by atoms with Gasteiger partial charge in [0.25, 0.3) is 5.92 Å². The van der Waals surface area contributed by atoms with Gasteiger partial charge in [-0.25, -0.2) is 8.78 Å². The summed E-state index contributed by atoms with van der Waals surface area (Å²) < 4.78 is 30.3. The summed E-state index contributed by atoms with van der Waals surface area (Å²) >= 11 is 0. The first-order valence-electron chi connectivity index (χ1n) is 3.47. The molecular weight excluding hydrogens is 138 g/mol.